The Morgan fingerprint density at radius 1 is 1.03 bits per heavy atom. The predicted molar refractivity (Wildman–Crippen MR) is 135 cm³/mol. The van der Waals surface area contributed by atoms with Crippen molar-refractivity contribution in [3.05, 3.63) is 69.1 Å². The van der Waals surface area contributed by atoms with Gasteiger partial charge in [-0.05, 0) is 73.4 Å². The maximum Gasteiger partial charge on any atom is 0.306 e. The highest BCUT2D eigenvalue weighted by Crippen LogP contribution is 2.42. The van der Waals surface area contributed by atoms with E-state index in [1.54, 1.807) is 17.9 Å². The number of fused-ring (bicyclic) bond motifs is 1. The van der Waals surface area contributed by atoms with E-state index in [4.69, 9.17) is 23.2 Å². The number of hydrogen-bond donors (Lipinski definition) is 1. The normalized spacial score (nSPS) is 17.4. The number of likely N-dealkylation sites (tertiary alicyclic amines) is 1. The number of benzene rings is 2. The number of hydrogen-bond acceptors (Lipinski definition) is 3. The maximum absolute atomic E-state index is 15.1. The van der Waals surface area contributed by atoms with Gasteiger partial charge in [-0.1, -0.05) is 30.1 Å². The first kappa shape index (κ1) is 24.8. The molecule has 36 heavy (non-hydrogen) atoms. The lowest BCUT2D eigenvalue weighted by Gasteiger charge is -2.34. The summed E-state index contributed by atoms with van der Waals surface area (Å²) in [5.41, 5.74) is 1.13. The number of carbonyl (C=O) groups excluding carboxylic acids is 2. The monoisotopic (exact) mass is 530 g/mol. The van der Waals surface area contributed by atoms with Crippen LogP contribution < -0.4 is 0 Å². The van der Waals surface area contributed by atoms with Crippen LogP contribution in [0, 0.1) is 17.7 Å². The summed E-state index contributed by atoms with van der Waals surface area (Å²) in [5, 5.41) is 9.86. The first-order valence-electron chi connectivity index (χ1n) is 12.0. The van der Waals surface area contributed by atoms with Crippen LogP contribution in [0.25, 0.3) is 10.9 Å². The van der Waals surface area contributed by atoms with Crippen LogP contribution in [0.3, 0.4) is 0 Å². The Kier molecular flexibility index (Phi) is 6.55. The standard InChI is InChI=1S/C27H25Cl2FN2O4/c1-14(27(35)36)15-6-9-31(10-7-15)25(33)19-4-5-20(28)22(23(19)29)26(34)32-11-8-17-12-18(16-2-3-16)13-21(30)24(17)32/h4-5,8,11-16H,2-3,6-7,9-10H2,1H3,(H,35,36). The molecule has 1 aliphatic carbocycles. The van der Waals surface area contributed by atoms with Gasteiger partial charge in [0.25, 0.3) is 11.8 Å². The number of piperidine rings is 1. The van der Waals surface area contributed by atoms with E-state index in [0.29, 0.717) is 37.2 Å². The summed E-state index contributed by atoms with van der Waals surface area (Å²) >= 11 is 12.9. The summed E-state index contributed by atoms with van der Waals surface area (Å²) in [6.45, 7) is 2.46. The van der Waals surface area contributed by atoms with Crippen LogP contribution >= 0.6 is 23.2 Å². The van der Waals surface area contributed by atoms with Gasteiger partial charge in [0, 0.05) is 24.7 Å². The Morgan fingerprint density at radius 2 is 1.72 bits per heavy atom. The van der Waals surface area contributed by atoms with Gasteiger partial charge in [0.05, 0.1) is 32.6 Å². The molecular formula is C27H25Cl2FN2O4. The number of aliphatic carboxylic acids is 1. The number of nitrogens with zero attached hydrogens (tertiary/aromatic N) is 2. The van der Waals surface area contributed by atoms with Crippen LogP contribution in [0.2, 0.25) is 10.0 Å². The third-order valence-electron chi connectivity index (χ3n) is 7.49. The van der Waals surface area contributed by atoms with Gasteiger partial charge in [-0.15, -0.1) is 0 Å². The molecule has 1 aromatic heterocycles. The molecule has 188 valence electrons. The second-order valence-electron chi connectivity index (χ2n) is 9.75. The highest BCUT2D eigenvalue weighted by molar-refractivity contribution is 6.41. The van der Waals surface area contributed by atoms with E-state index in [1.165, 1.54) is 29.0 Å². The number of carboxylic acid groups (broad SMARTS) is 1. The zero-order chi connectivity index (χ0) is 25.7. The lowest BCUT2D eigenvalue weighted by Crippen LogP contribution is -2.41. The van der Waals surface area contributed by atoms with Crippen molar-refractivity contribution in [1.82, 2.24) is 9.47 Å². The molecule has 1 N–H and O–H groups in total. The van der Waals surface area contributed by atoms with Crippen molar-refractivity contribution in [2.24, 2.45) is 11.8 Å². The molecule has 0 bridgehead atoms. The number of carboxylic acids is 1. The summed E-state index contributed by atoms with van der Waals surface area (Å²) in [6, 6.07) is 7.98. The van der Waals surface area contributed by atoms with Gasteiger partial charge in [-0.2, -0.15) is 0 Å². The third-order valence-corrected chi connectivity index (χ3v) is 8.19. The zero-order valence-electron chi connectivity index (χ0n) is 19.6. The molecule has 0 spiro atoms. The van der Waals surface area contributed by atoms with Crippen LogP contribution in [-0.4, -0.2) is 45.4 Å². The van der Waals surface area contributed by atoms with Gasteiger partial charge >= 0.3 is 5.97 Å². The van der Waals surface area contributed by atoms with Crippen molar-refractivity contribution in [1.29, 1.82) is 0 Å². The number of aromatic nitrogens is 1. The fourth-order valence-electron chi connectivity index (χ4n) is 5.08. The lowest BCUT2D eigenvalue weighted by molar-refractivity contribution is -0.143. The summed E-state index contributed by atoms with van der Waals surface area (Å²) in [4.78, 5) is 39.7. The smallest absolute Gasteiger partial charge is 0.306 e. The van der Waals surface area contributed by atoms with Gasteiger partial charge in [-0.3, -0.25) is 19.0 Å². The van der Waals surface area contributed by atoms with Gasteiger partial charge in [0.1, 0.15) is 5.82 Å². The second-order valence-corrected chi connectivity index (χ2v) is 10.5. The molecule has 2 aromatic carbocycles. The van der Waals surface area contributed by atoms with Crippen molar-refractivity contribution < 1.29 is 23.9 Å². The zero-order valence-corrected chi connectivity index (χ0v) is 21.2. The first-order valence-corrected chi connectivity index (χ1v) is 12.8. The lowest BCUT2D eigenvalue weighted by atomic mass is 9.85. The fraction of sp³-hybridized carbons (Fsp3) is 0.370. The van der Waals surface area contributed by atoms with E-state index in [-0.39, 0.29) is 38.5 Å². The minimum atomic E-state index is -0.846. The Balaban J connectivity index is 1.43. The second kappa shape index (κ2) is 9.52. The van der Waals surface area contributed by atoms with Crippen LogP contribution in [0.1, 0.15) is 64.8 Å². The molecule has 2 fully saturated rings. The van der Waals surface area contributed by atoms with E-state index in [1.807, 2.05) is 6.07 Å². The fourth-order valence-corrected chi connectivity index (χ4v) is 5.70. The Bertz CT molecular complexity index is 1390. The van der Waals surface area contributed by atoms with Gasteiger partial charge in [0.2, 0.25) is 0 Å². The molecule has 6 nitrogen and oxygen atoms in total. The van der Waals surface area contributed by atoms with Gasteiger partial charge < -0.3 is 10.0 Å². The average molecular weight is 531 g/mol. The minimum Gasteiger partial charge on any atom is -0.481 e. The Hall–Kier alpha value is -2.90. The maximum atomic E-state index is 15.1. The Labute approximate surface area is 217 Å². The van der Waals surface area contributed by atoms with E-state index < -0.39 is 23.6 Å². The highest BCUT2D eigenvalue weighted by atomic mass is 35.5. The molecule has 5 rings (SSSR count). The van der Waals surface area contributed by atoms with E-state index >= 15 is 4.39 Å². The number of carbonyl (C=O) groups is 3. The molecule has 9 heteroatoms. The van der Waals surface area contributed by atoms with Crippen molar-refractivity contribution in [3.8, 4) is 0 Å². The molecule has 3 aromatic rings. The van der Waals surface area contributed by atoms with Gasteiger partial charge in [0.15, 0.2) is 0 Å². The summed E-state index contributed by atoms with van der Waals surface area (Å²) < 4.78 is 16.2. The van der Waals surface area contributed by atoms with Gasteiger partial charge in [-0.25, -0.2) is 4.39 Å². The largest absolute Gasteiger partial charge is 0.481 e. The Morgan fingerprint density at radius 3 is 2.36 bits per heavy atom. The van der Waals surface area contributed by atoms with Crippen molar-refractivity contribution in [2.75, 3.05) is 13.1 Å². The molecular weight excluding hydrogens is 506 g/mol. The van der Waals surface area contributed by atoms with E-state index in [2.05, 4.69) is 0 Å². The van der Waals surface area contributed by atoms with Crippen molar-refractivity contribution >= 4 is 51.9 Å². The average Bonchev–Trinajstić information content (AvgIpc) is 3.62. The SMILES string of the molecule is CC(C(=O)O)C1CCN(C(=O)c2ccc(Cl)c(C(=O)n3ccc4cc(C5CC5)cc(F)c43)c2Cl)CC1. The summed E-state index contributed by atoms with van der Waals surface area (Å²) in [7, 11) is 0. The van der Waals surface area contributed by atoms with E-state index in [9.17, 15) is 19.5 Å². The van der Waals surface area contributed by atoms with Crippen LogP contribution in [0.4, 0.5) is 4.39 Å². The molecule has 1 atom stereocenters. The number of rotatable bonds is 5. The third kappa shape index (κ3) is 4.39. The number of amides is 1. The van der Waals surface area contributed by atoms with Crippen molar-refractivity contribution in [3.63, 3.8) is 0 Å². The molecule has 0 radical (unpaired) electrons. The minimum absolute atomic E-state index is 0.0123. The topological polar surface area (TPSA) is 79.6 Å². The molecule has 1 amide bonds. The van der Waals surface area contributed by atoms with Crippen LogP contribution in [0.5, 0.6) is 0 Å². The molecule has 2 aliphatic rings. The summed E-state index contributed by atoms with van der Waals surface area (Å²) in [6.07, 6.45) is 4.68. The van der Waals surface area contributed by atoms with E-state index in [0.717, 1.165) is 18.4 Å². The first-order chi connectivity index (χ1) is 17.2. The molecule has 1 unspecified atom stereocenters. The van der Waals surface area contributed by atoms with Crippen LogP contribution in [0.15, 0.2) is 36.5 Å². The van der Waals surface area contributed by atoms with Crippen LogP contribution in [-0.2, 0) is 4.79 Å². The molecule has 1 saturated heterocycles. The summed E-state index contributed by atoms with van der Waals surface area (Å²) in [5.74, 6) is -2.45. The molecule has 1 aliphatic heterocycles. The van der Waals surface area contributed by atoms with Crippen molar-refractivity contribution in [2.45, 2.75) is 38.5 Å². The quantitative estimate of drug-likeness (QED) is 0.424. The predicted octanol–water partition coefficient (Wildman–Crippen LogP) is 6.23. The molecule has 2 heterocycles. The molecule has 1 saturated carbocycles. The number of halogens is 3. The highest BCUT2D eigenvalue weighted by Gasteiger charge is 2.32.